The molecule has 1 amide bonds. The van der Waals surface area contributed by atoms with Crippen LogP contribution >= 0.6 is 0 Å². The molecule has 1 saturated heterocycles. The van der Waals surface area contributed by atoms with E-state index in [0.29, 0.717) is 19.6 Å². The Hall–Kier alpha value is -0.660. The van der Waals surface area contributed by atoms with Crippen LogP contribution < -0.4 is 5.32 Å². The van der Waals surface area contributed by atoms with Crippen LogP contribution in [0.3, 0.4) is 0 Å². The van der Waals surface area contributed by atoms with Gasteiger partial charge in [0.25, 0.3) is 0 Å². The third-order valence-electron chi connectivity index (χ3n) is 2.25. The predicted molar refractivity (Wildman–Crippen MR) is 54.8 cm³/mol. The predicted octanol–water partition coefficient (Wildman–Crippen LogP) is -1.22. The Morgan fingerprint density at radius 2 is 2.20 bits per heavy atom. The first-order valence-corrected chi connectivity index (χ1v) is 6.58. The summed E-state index contributed by atoms with van der Waals surface area (Å²) in [5, 5.41) is 2.45. The van der Waals surface area contributed by atoms with E-state index in [1.54, 1.807) is 0 Å². The summed E-state index contributed by atoms with van der Waals surface area (Å²) in [5.41, 5.74) is 0. The zero-order valence-electron chi connectivity index (χ0n) is 8.89. The average molecular weight is 236 g/mol. The highest BCUT2D eigenvalue weighted by Gasteiger charge is 2.28. The number of nitrogens with one attached hydrogen (secondary N) is 1. The standard InChI is InChI=1S/C8H16N2O4S/c1-9-8(11)7-6-10(15(2,12)13)4-3-5-14-7/h7H,3-6H2,1-2H3,(H,9,11). The zero-order valence-corrected chi connectivity index (χ0v) is 9.71. The summed E-state index contributed by atoms with van der Waals surface area (Å²) >= 11 is 0. The third kappa shape index (κ3) is 3.44. The normalized spacial score (nSPS) is 24.5. The maximum Gasteiger partial charge on any atom is 0.250 e. The maximum atomic E-state index is 11.3. The van der Waals surface area contributed by atoms with Gasteiger partial charge >= 0.3 is 0 Å². The SMILES string of the molecule is CNC(=O)C1CN(S(C)(=O)=O)CCCO1. The number of nitrogens with zero attached hydrogens (tertiary/aromatic N) is 1. The quantitative estimate of drug-likeness (QED) is 0.652. The van der Waals surface area contributed by atoms with Gasteiger partial charge in [-0.25, -0.2) is 8.42 Å². The maximum absolute atomic E-state index is 11.3. The van der Waals surface area contributed by atoms with Crippen molar-refractivity contribution >= 4 is 15.9 Å². The number of likely N-dealkylation sites (N-methyl/N-ethyl adjacent to an activating group) is 1. The van der Waals surface area contributed by atoms with Gasteiger partial charge in [-0.05, 0) is 6.42 Å². The number of carbonyl (C=O) groups excluding carboxylic acids is 1. The molecule has 1 aliphatic rings. The average Bonchev–Trinajstić information content (AvgIpc) is 2.40. The molecule has 15 heavy (non-hydrogen) atoms. The molecule has 1 fully saturated rings. The number of hydrogen-bond acceptors (Lipinski definition) is 4. The lowest BCUT2D eigenvalue weighted by atomic mass is 10.3. The van der Waals surface area contributed by atoms with Gasteiger partial charge in [-0.3, -0.25) is 4.79 Å². The Bertz CT molecular complexity index is 328. The smallest absolute Gasteiger partial charge is 0.250 e. The second-order valence-electron chi connectivity index (χ2n) is 3.45. The molecule has 0 aromatic rings. The largest absolute Gasteiger partial charge is 0.367 e. The Balaban J connectivity index is 2.74. The molecule has 1 unspecified atom stereocenters. The Morgan fingerprint density at radius 3 is 2.73 bits per heavy atom. The molecule has 1 aliphatic heterocycles. The van der Waals surface area contributed by atoms with Crippen molar-refractivity contribution in [1.82, 2.24) is 9.62 Å². The molecule has 7 heteroatoms. The second-order valence-corrected chi connectivity index (χ2v) is 5.43. The molecule has 0 saturated carbocycles. The molecule has 88 valence electrons. The van der Waals surface area contributed by atoms with Gasteiger partial charge < -0.3 is 10.1 Å². The molecule has 1 rings (SSSR count). The fourth-order valence-corrected chi connectivity index (χ4v) is 2.28. The van der Waals surface area contributed by atoms with Gasteiger partial charge in [0.2, 0.25) is 15.9 Å². The molecule has 1 N–H and O–H groups in total. The molecular formula is C8H16N2O4S. The van der Waals surface area contributed by atoms with Crippen LogP contribution in [0.2, 0.25) is 0 Å². The van der Waals surface area contributed by atoms with Crippen molar-refractivity contribution in [2.45, 2.75) is 12.5 Å². The van der Waals surface area contributed by atoms with Crippen molar-refractivity contribution in [3.8, 4) is 0 Å². The minimum absolute atomic E-state index is 0.0957. The van der Waals surface area contributed by atoms with Crippen molar-refractivity contribution in [1.29, 1.82) is 0 Å². The van der Waals surface area contributed by atoms with Crippen LogP contribution in [0.5, 0.6) is 0 Å². The third-order valence-corrected chi connectivity index (χ3v) is 3.52. The summed E-state index contributed by atoms with van der Waals surface area (Å²) in [6, 6.07) is 0. The number of hydrogen-bond donors (Lipinski definition) is 1. The molecule has 0 aliphatic carbocycles. The van der Waals surface area contributed by atoms with Crippen LogP contribution in [0.25, 0.3) is 0 Å². The van der Waals surface area contributed by atoms with Crippen LogP contribution in [0, 0.1) is 0 Å². The first-order valence-electron chi connectivity index (χ1n) is 4.73. The lowest BCUT2D eigenvalue weighted by molar-refractivity contribution is -0.131. The van der Waals surface area contributed by atoms with Gasteiger partial charge in [-0.2, -0.15) is 4.31 Å². The monoisotopic (exact) mass is 236 g/mol. The molecular weight excluding hydrogens is 220 g/mol. The van der Waals surface area contributed by atoms with Gasteiger partial charge in [0, 0.05) is 26.7 Å². The van der Waals surface area contributed by atoms with E-state index in [-0.39, 0.29) is 12.5 Å². The van der Waals surface area contributed by atoms with E-state index < -0.39 is 16.1 Å². The van der Waals surface area contributed by atoms with E-state index in [9.17, 15) is 13.2 Å². The highest BCUT2D eigenvalue weighted by molar-refractivity contribution is 7.88. The summed E-state index contributed by atoms with van der Waals surface area (Å²) in [6.07, 6.45) is 1.05. The Kier molecular flexibility index (Phi) is 4.06. The van der Waals surface area contributed by atoms with Crippen molar-refractivity contribution < 1.29 is 17.9 Å². The van der Waals surface area contributed by atoms with Crippen LogP contribution in [-0.2, 0) is 19.6 Å². The van der Waals surface area contributed by atoms with Crippen molar-refractivity contribution in [3.63, 3.8) is 0 Å². The van der Waals surface area contributed by atoms with Gasteiger partial charge in [-0.1, -0.05) is 0 Å². The van der Waals surface area contributed by atoms with Crippen LogP contribution in [0.4, 0.5) is 0 Å². The lowest BCUT2D eigenvalue weighted by Crippen LogP contribution is -2.43. The second kappa shape index (κ2) is 4.91. The number of ether oxygens (including phenoxy) is 1. The van der Waals surface area contributed by atoms with E-state index in [1.165, 1.54) is 11.4 Å². The number of sulfonamides is 1. The fourth-order valence-electron chi connectivity index (χ4n) is 1.42. The van der Waals surface area contributed by atoms with Gasteiger partial charge in [0.05, 0.1) is 6.26 Å². The zero-order chi connectivity index (χ0) is 11.5. The van der Waals surface area contributed by atoms with Crippen LogP contribution in [0.1, 0.15) is 6.42 Å². The Labute approximate surface area is 89.6 Å². The lowest BCUT2D eigenvalue weighted by Gasteiger charge is -2.20. The molecule has 0 bridgehead atoms. The molecule has 0 spiro atoms. The number of rotatable bonds is 2. The highest BCUT2D eigenvalue weighted by Crippen LogP contribution is 2.09. The summed E-state index contributed by atoms with van der Waals surface area (Å²) in [5.74, 6) is -0.287. The highest BCUT2D eigenvalue weighted by atomic mass is 32.2. The van der Waals surface area contributed by atoms with Crippen molar-refractivity contribution in [2.75, 3.05) is 33.0 Å². The van der Waals surface area contributed by atoms with Crippen LogP contribution in [-0.4, -0.2) is 57.7 Å². The Morgan fingerprint density at radius 1 is 1.53 bits per heavy atom. The molecule has 1 atom stereocenters. The molecule has 6 nitrogen and oxygen atoms in total. The number of amides is 1. The van der Waals surface area contributed by atoms with Crippen molar-refractivity contribution in [3.05, 3.63) is 0 Å². The molecule has 0 aromatic carbocycles. The van der Waals surface area contributed by atoms with Gasteiger partial charge in [-0.15, -0.1) is 0 Å². The summed E-state index contributed by atoms with van der Waals surface area (Å²) < 4.78 is 29.2. The number of carbonyl (C=O) groups is 1. The van der Waals surface area contributed by atoms with E-state index in [0.717, 1.165) is 6.26 Å². The fraction of sp³-hybridized carbons (Fsp3) is 0.875. The first kappa shape index (κ1) is 12.4. The van der Waals surface area contributed by atoms with E-state index in [4.69, 9.17) is 4.74 Å². The molecule has 1 heterocycles. The minimum atomic E-state index is -3.25. The van der Waals surface area contributed by atoms with Crippen molar-refractivity contribution in [2.24, 2.45) is 0 Å². The topological polar surface area (TPSA) is 75.7 Å². The minimum Gasteiger partial charge on any atom is -0.367 e. The molecule has 0 radical (unpaired) electrons. The van der Waals surface area contributed by atoms with Gasteiger partial charge in [0.1, 0.15) is 6.10 Å². The molecule has 0 aromatic heterocycles. The van der Waals surface area contributed by atoms with E-state index in [2.05, 4.69) is 5.32 Å². The first-order chi connectivity index (χ1) is 6.95. The van der Waals surface area contributed by atoms with E-state index in [1.807, 2.05) is 0 Å². The van der Waals surface area contributed by atoms with Crippen LogP contribution in [0.15, 0.2) is 0 Å². The summed E-state index contributed by atoms with van der Waals surface area (Å²) in [6.45, 7) is 0.912. The summed E-state index contributed by atoms with van der Waals surface area (Å²) in [4.78, 5) is 11.3. The van der Waals surface area contributed by atoms with Gasteiger partial charge in [0.15, 0.2) is 0 Å². The summed E-state index contributed by atoms with van der Waals surface area (Å²) in [7, 11) is -1.75. The van der Waals surface area contributed by atoms with E-state index >= 15 is 0 Å².